The van der Waals surface area contributed by atoms with Gasteiger partial charge in [0.1, 0.15) is 6.54 Å². The van der Waals surface area contributed by atoms with Gasteiger partial charge in [0.2, 0.25) is 5.91 Å². The van der Waals surface area contributed by atoms with Gasteiger partial charge in [-0.15, -0.1) is 11.3 Å². The highest BCUT2D eigenvalue weighted by atomic mass is 32.1. The first kappa shape index (κ1) is 35.0. The van der Waals surface area contributed by atoms with Gasteiger partial charge in [0.15, 0.2) is 11.6 Å². The fraction of sp³-hybridized carbons (Fsp3) is 0.297. The van der Waals surface area contributed by atoms with Gasteiger partial charge in [-0.05, 0) is 72.5 Å². The van der Waals surface area contributed by atoms with Crippen LogP contribution in [0.4, 0.5) is 22.0 Å². The van der Waals surface area contributed by atoms with Gasteiger partial charge in [0.25, 0.3) is 0 Å². The van der Waals surface area contributed by atoms with Crippen molar-refractivity contribution in [2.24, 2.45) is 0 Å². The van der Waals surface area contributed by atoms with Crippen LogP contribution >= 0.6 is 11.3 Å². The minimum Gasteiger partial charge on any atom is -0.336 e. The van der Waals surface area contributed by atoms with Gasteiger partial charge in [-0.3, -0.25) is 4.79 Å². The smallest absolute Gasteiger partial charge is 0.336 e. The quantitative estimate of drug-likeness (QED) is 0.127. The maximum absolute atomic E-state index is 14.5. The van der Waals surface area contributed by atoms with Crippen molar-refractivity contribution >= 4 is 28.1 Å². The summed E-state index contributed by atoms with van der Waals surface area (Å²) in [5.74, 6) is -1.95. The monoisotopic (exact) mass is 680 g/mol. The molecule has 2 heterocycles. The van der Waals surface area contributed by atoms with Crippen LogP contribution in [0.1, 0.15) is 36.2 Å². The molecule has 0 saturated heterocycles. The molecular formula is C37H37F5N4OS. The number of alkyl halides is 3. The molecule has 5 rings (SSSR count). The number of thiophene rings is 1. The molecule has 0 fully saturated rings. The first-order chi connectivity index (χ1) is 23.0. The molecule has 2 aromatic heterocycles. The number of rotatable bonds is 13. The molecule has 252 valence electrons. The van der Waals surface area contributed by atoms with Crippen LogP contribution in [-0.4, -0.2) is 46.5 Å². The second-order valence-electron chi connectivity index (χ2n) is 11.6. The maximum atomic E-state index is 14.5. The van der Waals surface area contributed by atoms with Crippen LogP contribution in [0.5, 0.6) is 0 Å². The summed E-state index contributed by atoms with van der Waals surface area (Å²) in [6.45, 7) is 7.24. The van der Waals surface area contributed by atoms with Gasteiger partial charge in [-0.2, -0.15) is 13.2 Å². The van der Waals surface area contributed by atoms with Crippen LogP contribution in [0.2, 0.25) is 0 Å². The molecule has 5 nitrogen and oxygen atoms in total. The Labute approximate surface area is 280 Å². The molecule has 5 aromatic rings. The van der Waals surface area contributed by atoms with Crippen LogP contribution in [0, 0.1) is 17.0 Å². The zero-order valence-corrected chi connectivity index (χ0v) is 27.6. The summed E-state index contributed by atoms with van der Waals surface area (Å²) in [5.41, 5.74) is 3.22. The molecule has 0 aliphatic rings. The van der Waals surface area contributed by atoms with Gasteiger partial charge in [0.05, 0.1) is 16.4 Å². The Balaban J connectivity index is 1.40. The number of likely N-dealkylation sites (N-methyl/N-ethyl adjacent to an activating group) is 1. The molecule has 1 amide bonds. The van der Waals surface area contributed by atoms with Gasteiger partial charge in [-0.1, -0.05) is 62.4 Å². The highest BCUT2D eigenvalue weighted by Gasteiger charge is 2.30. The second-order valence-corrected chi connectivity index (χ2v) is 12.4. The Kier molecular flexibility index (Phi) is 11.1. The van der Waals surface area contributed by atoms with Crippen molar-refractivity contribution < 1.29 is 26.7 Å². The second kappa shape index (κ2) is 15.3. The molecule has 0 unspecified atom stereocenters. The van der Waals surface area contributed by atoms with E-state index in [0.717, 1.165) is 47.9 Å². The molecule has 0 aliphatic heterocycles. The largest absolute Gasteiger partial charge is 0.416 e. The van der Waals surface area contributed by atoms with Gasteiger partial charge in [0, 0.05) is 41.5 Å². The average molecular weight is 681 g/mol. The van der Waals surface area contributed by atoms with Crippen LogP contribution in [0.3, 0.4) is 0 Å². The number of benzene rings is 3. The zero-order valence-electron chi connectivity index (χ0n) is 26.8. The van der Waals surface area contributed by atoms with Crippen molar-refractivity contribution in [1.29, 1.82) is 5.41 Å². The van der Waals surface area contributed by atoms with E-state index in [4.69, 9.17) is 5.41 Å². The molecule has 48 heavy (non-hydrogen) atoms. The van der Waals surface area contributed by atoms with E-state index in [1.807, 2.05) is 39.6 Å². The van der Waals surface area contributed by atoms with Crippen LogP contribution in [-0.2, 0) is 36.9 Å². The van der Waals surface area contributed by atoms with Gasteiger partial charge >= 0.3 is 6.18 Å². The molecule has 11 heteroatoms. The fourth-order valence-electron chi connectivity index (χ4n) is 5.78. The van der Waals surface area contributed by atoms with Crippen molar-refractivity contribution in [1.82, 2.24) is 14.4 Å². The number of aromatic nitrogens is 1. The average Bonchev–Trinajstić information content (AvgIpc) is 3.58. The Bertz CT molecular complexity index is 1910. The number of fused-ring (bicyclic) bond motifs is 1. The van der Waals surface area contributed by atoms with E-state index in [1.54, 1.807) is 11.0 Å². The molecule has 0 bridgehead atoms. The number of halogens is 5. The van der Waals surface area contributed by atoms with Crippen LogP contribution in [0.25, 0.3) is 22.0 Å². The summed E-state index contributed by atoms with van der Waals surface area (Å²) in [7, 11) is 0. The van der Waals surface area contributed by atoms with Gasteiger partial charge in [-0.25, -0.2) is 8.78 Å². The lowest BCUT2D eigenvalue weighted by molar-refractivity contribution is -0.137. The summed E-state index contributed by atoms with van der Waals surface area (Å²) in [6, 6.07) is 18.2. The third-order valence-electron chi connectivity index (χ3n) is 8.66. The van der Waals surface area contributed by atoms with E-state index >= 15 is 0 Å². The third-order valence-corrected chi connectivity index (χ3v) is 9.39. The minimum atomic E-state index is -4.40. The highest BCUT2D eigenvalue weighted by Crippen LogP contribution is 2.31. The zero-order chi connectivity index (χ0) is 34.4. The third kappa shape index (κ3) is 8.19. The lowest BCUT2D eigenvalue weighted by Crippen LogP contribution is -2.40. The van der Waals surface area contributed by atoms with Crippen molar-refractivity contribution in [3.8, 4) is 11.1 Å². The molecule has 1 N–H and O–H groups in total. The predicted molar refractivity (Wildman–Crippen MR) is 180 cm³/mol. The lowest BCUT2D eigenvalue weighted by atomic mass is 10.0. The van der Waals surface area contributed by atoms with E-state index in [1.165, 1.54) is 35.6 Å². The first-order valence-electron chi connectivity index (χ1n) is 15.8. The Morgan fingerprint density at radius 3 is 2.19 bits per heavy atom. The fourth-order valence-corrected chi connectivity index (χ4v) is 6.61. The Hall–Kier alpha value is -4.35. The van der Waals surface area contributed by atoms with Crippen molar-refractivity contribution in [3.05, 3.63) is 123 Å². The molecule has 0 atom stereocenters. The molecule has 0 radical (unpaired) electrons. The molecule has 3 aromatic carbocycles. The molecular weight excluding hydrogens is 643 g/mol. The van der Waals surface area contributed by atoms with E-state index in [2.05, 4.69) is 18.7 Å². The number of nitrogens with one attached hydrogen (secondary N) is 1. The first-order valence-corrected chi connectivity index (χ1v) is 16.8. The summed E-state index contributed by atoms with van der Waals surface area (Å²) in [4.78, 5) is 18.1. The van der Waals surface area contributed by atoms with Crippen LogP contribution < -0.4 is 5.36 Å². The van der Waals surface area contributed by atoms with Crippen molar-refractivity contribution in [3.63, 3.8) is 0 Å². The number of hydrogen-bond acceptors (Lipinski definition) is 4. The summed E-state index contributed by atoms with van der Waals surface area (Å²) in [5, 5.41) is 13.3. The number of pyridine rings is 1. The number of carbonyl (C=O) groups is 1. The van der Waals surface area contributed by atoms with Crippen LogP contribution in [0.15, 0.2) is 83.6 Å². The number of carbonyl (C=O) groups excluding carboxylic acids is 1. The highest BCUT2D eigenvalue weighted by molar-refractivity contribution is 7.09. The SMILES string of the molecule is CCN(CC)CCN(Cc1ccc(-c2ccc(C(F)(F)F)cc2)cc1)C(=O)Cn1c(CCc2cccc(F)c2F)cc(=N)c2cscc21. The number of aryl methyl sites for hydroxylation is 2. The normalized spacial score (nSPS) is 11.8. The maximum Gasteiger partial charge on any atom is 0.416 e. The van der Waals surface area contributed by atoms with E-state index in [9.17, 15) is 26.7 Å². The van der Waals surface area contributed by atoms with Crippen molar-refractivity contribution in [2.45, 2.75) is 46.0 Å². The summed E-state index contributed by atoms with van der Waals surface area (Å²) in [6.07, 6.45) is -3.90. The van der Waals surface area contributed by atoms with E-state index < -0.39 is 23.4 Å². The standard InChI is InChI=1S/C37H37F5N4OS/c1-3-44(4-2)18-19-45(21-25-8-10-26(11-9-25)27-12-15-29(16-13-27)37(40,41)42)35(47)22-46-30(20-33(43)31-23-48-24-34(31)46)17-14-28-6-5-7-32(38)36(28)39/h5-13,15-16,20,23-24,43H,3-4,14,17-19,21-22H2,1-2H3. The minimum absolute atomic E-state index is 0.00360. The van der Waals surface area contributed by atoms with E-state index in [-0.39, 0.29) is 24.4 Å². The topological polar surface area (TPSA) is 52.3 Å². The summed E-state index contributed by atoms with van der Waals surface area (Å²) >= 11 is 1.43. The lowest BCUT2D eigenvalue weighted by Gasteiger charge is -2.28. The Morgan fingerprint density at radius 1 is 0.875 bits per heavy atom. The number of amides is 1. The predicted octanol–water partition coefficient (Wildman–Crippen LogP) is 8.30. The molecule has 0 saturated carbocycles. The molecule has 0 aliphatic carbocycles. The molecule has 0 spiro atoms. The number of hydrogen-bond donors (Lipinski definition) is 1. The van der Waals surface area contributed by atoms with Gasteiger partial charge < -0.3 is 19.8 Å². The Morgan fingerprint density at radius 2 is 1.54 bits per heavy atom. The number of nitrogens with zero attached hydrogens (tertiary/aromatic N) is 3. The van der Waals surface area contributed by atoms with E-state index in [0.29, 0.717) is 48.1 Å². The van der Waals surface area contributed by atoms with Crippen molar-refractivity contribution in [2.75, 3.05) is 26.2 Å². The summed E-state index contributed by atoms with van der Waals surface area (Å²) < 4.78 is 69.3.